The molecule has 6 heteroatoms. The van der Waals surface area contributed by atoms with Gasteiger partial charge in [-0.3, -0.25) is 20.5 Å². The molecular formula is C15H22FN3O2. The number of carbonyl (C=O) groups is 1. The van der Waals surface area contributed by atoms with Gasteiger partial charge in [0.25, 0.3) is 0 Å². The number of aliphatic carboxylic acids is 1. The molecule has 2 rings (SSSR count). The van der Waals surface area contributed by atoms with Gasteiger partial charge in [0.05, 0.1) is 6.54 Å². The van der Waals surface area contributed by atoms with Crippen LogP contribution in [0.4, 0.5) is 4.39 Å². The molecule has 21 heavy (non-hydrogen) atoms. The third-order valence-corrected chi connectivity index (χ3v) is 3.73. The number of hydrazine groups is 1. The van der Waals surface area contributed by atoms with Crippen LogP contribution in [0.3, 0.4) is 0 Å². The highest BCUT2D eigenvalue weighted by Gasteiger charge is 2.24. The number of halogens is 1. The number of benzene rings is 1. The first-order chi connectivity index (χ1) is 10.0. The van der Waals surface area contributed by atoms with Crippen LogP contribution in [0.15, 0.2) is 24.3 Å². The largest absolute Gasteiger partial charge is 0.480 e. The summed E-state index contributed by atoms with van der Waals surface area (Å²) in [5.41, 5.74) is 7.38. The van der Waals surface area contributed by atoms with Crippen LogP contribution in [-0.2, 0) is 4.79 Å². The highest BCUT2D eigenvalue weighted by molar-refractivity contribution is 5.68. The van der Waals surface area contributed by atoms with E-state index in [-0.39, 0.29) is 18.4 Å². The van der Waals surface area contributed by atoms with Crippen LogP contribution in [-0.4, -0.2) is 42.2 Å². The van der Waals surface area contributed by atoms with E-state index in [0.717, 1.165) is 31.4 Å². The Labute approximate surface area is 124 Å². The summed E-state index contributed by atoms with van der Waals surface area (Å²) in [6, 6.07) is 7.11. The Bertz CT molecular complexity index is 484. The quantitative estimate of drug-likeness (QED) is 0.712. The number of nitrogens with one attached hydrogen (secondary N) is 2. The van der Waals surface area contributed by atoms with Crippen molar-refractivity contribution in [1.29, 1.82) is 0 Å². The Morgan fingerprint density at radius 1 is 1.48 bits per heavy atom. The molecule has 5 nitrogen and oxygen atoms in total. The molecule has 0 aromatic heterocycles. The van der Waals surface area contributed by atoms with Gasteiger partial charge in [-0.2, -0.15) is 0 Å². The number of carboxylic acids is 1. The fourth-order valence-electron chi connectivity index (χ4n) is 2.67. The minimum absolute atomic E-state index is 0.0717. The number of rotatable bonds is 7. The molecule has 1 saturated heterocycles. The first-order valence-corrected chi connectivity index (χ1v) is 7.21. The van der Waals surface area contributed by atoms with Crippen molar-refractivity contribution in [3.05, 3.63) is 35.6 Å². The first-order valence-electron chi connectivity index (χ1n) is 7.21. The molecule has 0 amide bonds. The van der Waals surface area contributed by atoms with E-state index in [4.69, 9.17) is 5.11 Å². The fourth-order valence-corrected chi connectivity index (χ4v) is 2.67. The van der Waals surface area contributed by atoms with Crippen LogP contribution in [0.25, 0.3) is 0 Å². The van der Waals surface area contributed by atoms with E-state index in [1.54, 1.807) is 17.0 Å². The molecule has 0 aliphatic carbocycles. The molecule has 0 radical (unpaired) electrons. The molecule has 1 aromatic carbocycles. The second kappa shape index (κ2) is 7.49. The van der Waals surface area contributed by atoms with E-state index in [1.165, 1.54) is 6.07 Å². The Morgan fingerprint density at radius 3 is 3.00 bits per heavy atom. The molecule has 2 unspecified atom stereocenters. The van der Waals surface area contributed by atoms with Crippen LogP contribution in [0.1, 0.15) is 30.9 Å². The van der Waals surface area contributed by atoms with Crippen molar-refractivity contribution in [3.63, 3.8) is 0 Å². The van der Waals surface area contributed by atoms with Crippen molar-refractivity contribution >= 4 is 5.97 Å². The van der Waals surface area contributed by atoms with Crippen molar-refractivity contribution in [2.75, 3.05) is 20.1 Å². The zero-order valence-corrected chi connectivity index (χ0v) is 12.2. The second-order valence-electron chi connectivity index (χ2n) is 5.60. The molecule has 1 fully saturated rings. The molecule has 1 aliphatic rings. The Morgan fingerprint density at radius 2 is 2.29 bits per heavy atom. The summed E-state index contributed by atoms with van der Waals surface area (Å²) in [4.78, 5) is 12.4. The third-order valence-electron chi connectivity index (χ3n) is 3.73. The SMILES string of the molecule is CN(CCCC1CC(c2cccc(F)c2)NN1)CC(=O)O. The Balaban J connectivity index is 1.72. The van der Waals surface area contributed by atoms with Crippen LogP contribution in [0.2, 0.25) is 0 Å². The van der Waals surface area contributed by atoms with Crippen molar-refractivity contribution in [2.24, 2.45) is 0 Å². The van der Waals surface area contributed by atoms with Crippen molar-refractivity contribution in [2.45, 2.75) is 31.3 Å². The van der Waals surface area contributed by atoms with E-state index < -0.39 is 5.97 Å². The number of likely N-dealkylation sites (N-methyl/N-ethyl adjacent to an activating group) is 1. The van der Waals surface area contributed by atoms with Gasteiger partial charge in [0.15, 0.2) is 0 Å². The highest BCUT2D eigenvalue weighted by Crippen LogP contribution is 2.24. The standard InChI is InChI=1S/C15H22FN3O2/c1-19(10-15(20)21)7-3-6-13-9-14(18-17-13)11-4-2-5-12(16)8-11/h2,4-5,8,13-14,17-18H,3,6-7,9-10H2,1H3,(H,20,21). The summed E-state index contributed by atoms with van der Waals surface area (Å²) >= 11 is 0. The normalized spacial score (nSPS) is 21.9. The van der Waals surface area contributed by atoms with Crippen LogP contribution in [0, 0.1) is 5.82 Å². The molecule has 3 N–H and O–H groups in total. The summed E-state index contributed by atoms with van der Waals surface area (Å²) in [6.07, 6.45) is 2.80. The van der Waals surface area contributed by atoms with Crippen LogP contribution in [0.5, 0.6) is 0 Å². The summed E-state index contributed by atoms with van der Waals surface area (Å²) in [5, 5.41) is 8.68. The third kappa shape index (κ3) is 5.08. The summed E-state index contributed by atoms with van der Waals surface area (Å²) < 4.78 is 13.2. The highest BCUT2D eigenvalue weighted by atomic mass is 19.1. The predicted octanol–water partition coefficient (Wildman–Crippen LogP) is 1.53. The van der Waals surface area contributed by atoms with Gasteiger partial charge >= 0.3 is 5.97 Å². The molecule has 116 valence electrons. The lowest BCUT2D eigenvalue weighted by Crippen LogP contribution is -2.32. The average molecular weight is 295 g/mol. The van der Waals surface area contributed by atoms with E-state index >= 15 is 0 Å². The monoisotopic (exact) mass is 295 g/mol. The van der Waals surface area contributed by atoms with Gasteiger partial charge in [-0.25, -0.2) is 4.39 Å². The van der Waals surface area contributed by atoms with E-state index in [1.807, 2.05) is 13.1 Å². The van der Waals surface area contributed by atoms with Crippen molar-refractivity contribution in [3.8, 4) is 0 Å². The average Bonchev–Trinajstić information content (AvgIpc) is 2.86. The molecule has 0 saturated carbocycles. The summed E-state index contributed by atoms with van der Waals surface area (Å²) in [7, 11) is 1.81. The van der Waals surface area contributed by atoms with Gasteiger partial charge in [-0.05, 0) is 50.6 Å². The second-order valence-corrected chi connectivity index (χ2v) is 5.60. The first kappa shape index (κ1) is 15.9. The maximum Gasteiger partial charge on any atom is 0.317 e. The van der Waals surface area contributed by atoms with E-state index in [2.05, 4.69) is 10.9 Å². The summed E-state index contributed by atoms with van der Waals surface area (Å²) in [5.74, 6) is -1.02. The molecule has 1 heterocycles. The molecule has 1 aromatic rings. The van der Waals surface area contributed by atoms with Crippen LogP contribution >= 0.6 is 0 Å². The maximum absolute atomic E-state index is 13.2. The van der Waals surface area contributed by atoms with Gasteiger partial charge in [-0.1, -0.05) is 12.1 Å². The molecule has 2 atom stereocenters. The van der Waals surface area contributed by atoms with E-state index in [9.17, 15) is 9.18 Å². The summed E-state index contributed by atoms with van der Waals surface area (Å²) in [6.45, 7) is 0.831. The molecule has 1 aliphatic heterocycles. The molecular weight excluding hydrogens is 273 g/mol. The zero-order valence-electron chi connectivity index (χ0n) is 12.2. The van der Waals surface area contributed by atoms with Gasteiger partial charge in [0, 0.05) is 12.1 Å². The van der Waals surface area contributed by atoms with Gasteiger partial charge in [0.1, 0.15) is 5.82 Å². The lowest BCUT2D eigenvalue weighted by Gasteiger charge is -2.15. The zero-order chi connectivity index (χ0) is 15.2. The van der Waals surface area contributed by atoms with Gasteiger partial charge in [-0.15, -0.1) is 0 Å². The fraction of sp³-hybridized carbons (Fsp3) is 0.533. The Kier molecular flexibility index (Phi) is 5.67. The minimum atomic E-state index is -0.802. The Hall–Kier alpha value is -1.50. The number of hydrogen-bond donors (Lipinski definition) is 3. The lowest BCUT2D eigenvalue weighted by atomic mass is 9.99. The number of nitrogens with zero attached hydrogens (tertiary/aromatic N) is 1. The van der Waals surface area contributed by atoms with Gasteiger partial charge in [0.2, 0.25) is 0 Å². The smallest absolute Gasteiger partial charge is 0.317 e. The number of hydrogen-bond acceptors (Lipinski definition) is 4. The van der Waals surface area contributed by atoms with Crippen LogP contribution < -0.4 is 10.9 Å². The number of carboxylic acid groups (broad SMARTS) is 1. The molecule has 0 spiro atoms. The van der Waals surface area contributed by atoms with Gasteiger partial charge < -0.3 is 5.11 Å². The van der Waals surface area contributed by atoms with Crippen molar-refractivity contribution < 1.29 is 14.3 Å². The lowest BCUT2D eigenvalue weighted by molar-refractivity contribution is -0.137. The maximum atomic E-state index is 13.2. The molecule has 0 bridgehead atoms. The van der Waals surface area contributed by atoms with E-state index in [0.29, 0.717) is 6.04 Å². The topological polar surface area (TPSA) is 64.6 Å². The predicted molar refractivity (Wildman–Crippen MR) is 78.2 cm³/mol. The minimum Gasteiger partial charge on any atom is -0.480 e. The van der Waals surface area contributed by atoms with Crippen molar-refractivity contribution in [1.82, 2.24) is 15.8 Å².